The van der Waals surface area contributed by atoms with Crippen LogP contribution in [0.5, 0.6) is 0 Å². The van der Waals surface area contributed by atoms with Gasteiger partial charge in [0.05, 0.1) is 11.9 Å². The van der Waals surface area contributed by atoms with Gasteiger partial charge in [-0.15, -0.1) is 0 Å². The number of carbonyl (C=O) groups is 1. The lowest BCUT2D eigenvalue weighted by atomic mass is 10.2. The van der Waals surface area contributed by atoms with Gasteiger partial charge in [-0.05, 0) is 38.6 Å². The van der Waals surface area contributed by atoms with E-state index in [1.807, 2.05) is 24.0 Å². The van der Waals surface area contributed by atoms with Crippen molar-refractivity contribution in [1.82, 2.24) is 14.8 Å². The second-order valence-electron chi connectivity index (χ2n) is 5.38. The van der Waals surface area contributed by atoms with Crippen molar-refractivity contribution >= 4 is 11.6 Å². The first kappa shape index (κ1) is 15.8. The first-order valence-corrected chi connectivity index (χ1v) is 7.92. The van der Waals surface area contributed by atoms with Crippen molar-refractivity contribution in [2.24, 2.45) is 0 Å². The highest BCUT2D eigenvalue weighted by molar-refractivity contribution is 5.92. The highest BCUT2D eigenvalue weighted by atomic mass is 16.2. The monoisotopic (exact) mass is 290 g/mol. The third-order valence-electron chi connectivity index (χ3n) is 4.14. The Morgan fingerprint density at radius 1 is 1.38 bits per heavy atom. The molecular formula is C16H26N4O. The molecule has 1 saturated heterocycles. The molecule has 5 heteroatoms. The van der Waals surface area contributed by atoms with E-state index in [2.05, 4.69) is 29.0 Å². The van der Waals surface area contributed by atoms with Gasteiger partial charge in [-0.2, -0.15) is 0 Å². The Morgan fingerprint density at radius 3 is 2.71 bits per heavy atom. The van der Waals surface area contributed by atoms with Crippen LogP contribution < -0.4 is 5.32 Å². The highest BCUT2D eigenvalue weighted by Gasteiger charge is 2.30. The number of amides is 1. The fourth-order valence-corrected chi connectivity index (χ4v) is 2.96. The summed E-state index contributed by atoms with van der Waals surface area (Å²) in [7, 11) is 0. The van der Waals surface area contributed by atoms with Crippen molar-refractivity contribution in [1.29, 1.82) is 0 Å². The average molecular weight is 290 g/mol. The van der Waals surface area contributed by atoms with Crippen molar-refractivity contribution < 1.29 is 4.79 Å². The van der Waals surface area contributed by atoms with E-state index in [0.717, 1.165) is 44.8 Å². The molecule has 0 bridgehead atoms. The summed E-state index contributed by atoms with van der Waals surface area (Å²) in [6.45, 7) is 11.0. The molecule has 2 heterocycles. The van der Waals surface area contributed by atoms with E-state index >= 15 is 0 Å². The van der Waals surface area contributed by atoms with Crippen LogP contribution in [0.3, 0.4) is 0 Å². The van der Waals surface area contributed by atoms with Crippen LogP contribution in [-0.4, -0.2) is 59.5 Å². The molecule has 1 fully saturated rings. The molecule has 1 unspecified atom stereocenters. The quantitative estimate of drug-likeness (QED) is 0.871. The standard InChI is InChI=1S/C16H26N4O/c1-4-17-13-7-8-15(18-11-13)16(21)20-10-9-14(12-20)19(5-2)6-3/h7-8,11,14,17H,4-6,9-10,12H2,1-3H3. The molecule has 1 aromatic rings. The Balaban J connectivity index is 1.97. The lowest BCUT2D eigenvalue weighted by Crippen LogP contribution is -2.38. The maximum absolute atomic E-state index is 12.5. The molecule has 1 aromatic heterocycles. The van der Waals surface area contributed by atoms with Gasteiger partial charge >= 0.3 is 0 Å². The summed E-state index contributed by atoms with van der Waals surface area (Å²) < 4.78 is 0. The molecule has 1 N–H and O–H groups in total. The third kappa shape index (κ3) is 3.73. The summed E-state index contributed by atoms with van der Waals surface area (Å²) in [5.74, 6) is 0.0488. The van der Waals surface area contributed by atoms with E-state index in [4.69, 9.17) is 0 Å². The molecule has 5 nitrogen and oxygen atoms in total. The number of aromatic nitrogens is 1. The Kier molecular flexibility index (Phi) is 5.56. The van der Waals surface area contributed by atoms with E-state index in [1.54, 1.807) is 6.20 Å². The topological polar surface area (TPSA) is 48.5 Å². The van der Waals surface area contributed by atoms with Crippen LogP contribution in [0.1, 0.15) is 37.7 Å². The van der Waals surface area contributed by atoms with Gasteiger partial charge in [0.2, 0.25) is 0 Å². The van der Waals surface area contributed by atoms with Crippen LogP contribution in [0.4, 0.5) is 5.69 Å². The minimum atomic E-state index is 0.0488. The van der Waals surface area contributed by atoms with Crippen molar-refractivity contribution in [2.75, 3.05) is 38.0 Å². The zero-order chi connectivity index (χ0) is 15.2. The predicted octanol–water partition coefficient (Wildman–Crippen LogP) is 2.07. The summed E-state index contributed by atoms with van der Waals surface area (Å²) >= 11 is 0. The van der Waals surface area contributed by atoms with E-state index in [-0.39, 0.29) is 5.91 Å². The smallest absolute Gasteiger partial charge is 0.272 e. The molecule has 0 saturated carbocycles. The molecule has 2 rings (SSSR count). The molecule has 1 aliphatic rings. The van der Waals surface area contributed by atoms with Gasteiger partial charge in [0, 0.05) is 25.7 Å². The minimum Gasteiger partial charge on any atom is -0.384 e. The minimum absolute atomic E-state index is 0.0488. The van der Waals surface area contributed by atoms with Gasteiger partial charge in [0.25, 0.3) is 5.91 Å². The molecule has 0 aromatic carbocycles. The van der Waals surface area contributed by atoms with Gasteiger partial charge in [-0.3, -0.25) is 9.69 Å². The van der Waals surface area contributed by atoms with Crippen LogP contribution in [0.25, 0.3) is 0 Å². The van der Waals surface area contributed by atoms with Crippen LogP contribution in [0, 0.1) is 0 Å². The number of likely N-dealkylation sites (N-methyl/N-ethyl adjacent to an activating group) is 1. The van der Waals surface area contributed by atoms with Gasteiger partial charge in [-0.25, -0.2) is 4.98 Å². The van der Waals surface area contributed by atoms with E-state index < -0.39 is 0 Å². The number of pyridine rings is 1. The Morgan fingerprint density at radius 2 is 2.14 bits per heavy atom. The molecule has 1 aliphatic heterocycles. The second-order valence-corrected chi connectivity index (χ2v) is 5.38. The normalized spacial score (nSPS) is 18.3. The van der Waals surface area contributed by atoms with E-state index in [0.29, 0.717) is 11.7 Å². The SMILES string of the molecule is CCNc1ccc(C(=O)N2CCC(N(CC)CC)C2)nc1. The lowest BCUT2D eigenvalue weighted by molar-refractivity contribution is 0.0772. The Labute approximate surface area is 127 Å². The van der Waals surface area contributed by atoms with Crippen LogP contribution in [0.2, 0.25) is 0 Å². The summed E-state index contributed by atoms with van der Waals surface area (Å²) in [5.41, 5.74) is 1.49. The number of nitrogens with one attached hydrogen (secondary N) is 1. The number of carbonyl (C=O) groups excluding carboxylic acids is 1. The fourth-order valence-electron chi connectivity index (χ4n) is 2.96. The number of anilines is 1. The number of nitrogens with zero attached hydrogens (tertiary/aromatic N) is 3. The number of hydrogen-bond donors (Lipinski definition) is 1. The van der Waals surface area contributed by atoms with Crippen molar-refractivity contribution in [2.45, 2.75) is 33.2 Å². The number of hydrogen-bond acceptors (Lipinski definition) is 4. The van der Waals surface area contributed by atoms with Crippen LogP contribution in [0.15, 0.2) is 18.3 Å². The zero-order valence-corrected chi connectivity index (χ0v) is 13.3. The maximum Gasteiger partial charge on any atom is 0.272 e. The Bertz CT molecular complexity index is 456. The fraction of sp³-hybridized carbons (Fsp3) is 0.625. The molecule has 116 valence electrons. The van der Waals surface area contributed by atoms with E-state index in [9.17, 15) is 4.79 Å². The molecular weight excluding hydrogens is 264 g/mol. The molecule has 21 heavy (non-hydrogen) atoms. The predicted molar refractivity (Wildman–Crippen MR) is 85.6 cm³/mol. The van der Waals surface area contributed by atoms with Gasteiger partial charge < -0.3 is 10.2 Å². The third-order valence-corrected chi connectivity index (χ3v) is 4.14. The van der Waals surface area contributed by atoms with Crippen LogP contribution >= 0.6 is 0 Å². The molecule has 0 spiro atoms. The van der Waals surface area contributed by atoms with Crippen molar-refractivity contribution in [3.63, 3.8) is 0 Å². The zero-order valence-electron chi connectivity index (χ0n) is 13.3. The summed E-state index contributed by atoms with van der Waals surface area (Å²) in [6, 6.07) is 4.22. The molecule has 1 atom stereocenters. The summed E-state index contributed by atoms with van der Waals surface area (Å²) in [5, 5.41) is 3.19. The van der Waals surface area contributed by atoms with Crippen LogP contribution in [-0.2, 0) is 0 Å². The Hall–Kier alpha value is -1.62. The molecule has 0 radical (unpaired) electrons. The number of rotatable bonds is 6. The summed E-state index contributed by atoms with van der Waals surface area (Å²) in [6.07, 6.45) is 2.79. The summed E-state index contributed by atoms with van der Waals surface area (Å²) in [4.78, 5) is 21.1. The van der Waals surface area contributed by atoms with Crippen molar-refractivity contribution in [3.8, 4) is 0 Å². The first-order chi connectivity index (χ1) is 10.2. The van der Waals surface area contributed by atoms with Crippen molar-refractivity contribution in [3.05, 3.63) is 24.0 Å². The highest BCUT2D eigenvalue weighted by Crippen LogP contribution is 2.18. The molecule has 1 amide bonds. The second kappa shape index (κ2) is 7.41. The van der Waals surface area contributed by atoms with Gasteiger partial charge in [0.15, 0.2) is 0 Å². The molecule has 0 aliphatic carbocycles. The van der Waals surface area contributed by atoms with E-state index in [1.165, 1.54) is 0 Å². The number of likely N-dealkylation sites (tertiary alicyclic amines) is 1. The maximum atomic E-state index is 12.5. The average Bonchev–Trinajstić information content (AvgIpc) is 2.99. The largest absolute Gasteiger partial charge is 0.384 e. The first-order valence-electron chi connectivity index (χ1n) is 7.92. The lowest BCUT2D eigenvalue weighted by Gasteiger charge is -2.26. The van der Waals surface area contributed by atoms with Gasteiger partial charge in [-0.1, -0.05) is 13.8 Å². The van der Waals surface area contributed by atoms with Gasteiger partial charge in [0.1, 0.15) is 5.69 Å².